The number of halogens is 2. The number of benzene rings is 1. The van der Waals surface area contributed by atoms with Gasteiger partial charge in [-0.05, 0) is 50.8 Å². The topological polar surface area (TPSA) is 70.6 Å². The van der Waals surface area contributed by atoms with Crippen molar-refractivity contribution in [2.45, 2.75) is 51.0 Å². The van der Waals surface area contributed by atoms with Crippen molar-refractivity contribution in [3.8, 4) is 0 Å². The number of nitrogens with one attached hydrogen (secondary N) is 2. The van der Waals surface area contributed by atoms with Gasteiger partial charge in [0.2, 0.25) is 0 Å². The highest BCUT2D eigenvalue weighted by Gasteiger charge is 2.38. The molecule has 0 saturated heterocycles. The molecule has 0 bridgehead atoms. The van der Waals surface area contributed by atoms with E-state index in [9.17, 15) is 8.42 Å². The normalized spacial score (nSPS) is 17.4. The van der Waals surface area contributed by atoms with Crippen molar-refractivity contribution < 1.29 is 8.42 Å². The first-order valence-electron chi connectivity index (χ1n) is 9.23. The second-order valence-corrected chi connectivity index (χ2v) is 10.00. The Morgan fingerprint density at radius 3 is 2.41 bits per heavy atom. The lowest BCUT2D eigenvalue weighted by molar-refractivity contribution is 0.253. The lowest BCUT2D eigenvalue weighted by atomic mass is 9.64. The molecule has 1 aliphatic carbocycles. The molecule has 1 aromatic rings. The Hall–Kier alpha value is -0.540. The first kappa shape index (κ1) is 24.5. The number of aliphatic imine (C=N–C) groups is 1. The van der Waals surface area contributed by atoms with Gasteiger partial charge >= 0.3 is 0 Å². The van der Waals surface area contributed by atoms with Crippen molar-refractivity contribution in [3.05, 3.63) is 34.9 Å². The van der Waals surface area contributed by atoms with Crippen LogP contribution in [0.5, 0.6) is 0 Å². The summed E-state index contributed by atoms with van der Waals surface area (Å²) in [6, 6.07) is 8.13. The monoisotopic (exact) mass is 527 g/mol. The zero-order valence-corrected chi connectivity index (χ0v) is 20.2. The molecule has 154 valence electrons. The summed E-state index contributed by atoms with van der Waals surface area (Å²) >= 11 is 6.02. The van der Waals surface area contributed by atoms with E-state index in [1.165, 1.54) is 18.2 Å². The molecule has 0 amide bonds. The third-order valence-electron chi connectivity index (χ3n) is 4.96. The Labute approximate surface area is 185 Å². The summed E-state index contributed by atoms with van der Waals surface area (Å²) in [4.78, 5) is 4.80. The molecule has 8 heteroatoms. The van der Waals surface area contributed by atoms with Gasteiger partial charge in [0.1, 0.15) is 9.84 Å². The molecule has 0 aromatic heterocycles. The van der Waals surface area contributed by atoms with Crippen LogP contribution in [-0.4, -0.2) is 45.5 Å². The zero-order chi connectivity index (χ0) is 19.2. The highest BCUT2D eigenvalue weighted by atomic mass is 127. The summed E-state index contributed by atoms with van der Waals surface area (Å²) in [6.07, 6.45) is 5.30. The second kappa shape index (κ2) is 10.9. The van der Waals surface area contributed by atoms with E-state index in [2.05, 4.69) is 22.8 Å². The molecular formula is C19H31ClIN3O2S. The molecule has 2 N–H and O–H groups in total. The summed E-state index contributed by atoms with van der Waals surface area (Å²) in [5, 5.41) is 7.34. The molecule has 1 fully saturated rings. The number of hydrogen-bond donors (Lipinski definition) is 2. The molecule has 1 saturated carbocycles. The molecule has 0 radical (unpaired) electrons. The molecule has 27 heavy (non-hydrogen) atoms. The molecule has 1 unspecified atom stereocenters. The van der Waals surface area contributed by atoms with E-state index < -0.39 is 9.84 Å². The molecule has 1 aliphatic rings. The molecule has 5 nitrogen and oxygen atoms in total. The van der Waals surface area contributed by atoms with Gasteiger partial charge in [0, 0.05) is 29.3 Å². The molecule has 0 spiro atoms. The van der Waals surface area contributed by atoms with Gasteiger partial charge in [0.25, 0.3) is 0 Å². The van der Waals surface area contributed by atoms with Crippen LogP contribution in [0.1, 0.15) is 45.1 Å². The van der Waals surface area contributed by atoms with Crippen LogP contribution in [0.3, 0.4) is 0 Å². The molecule has 2 rings (SSSR count). The maximum absolute atomic E-state index is 11.3. The van der Waals surface area contributed by atoms with Crippen LogP contribution in [0, 0.1) is 0 Å². The van der Waals surface area contributed by atoms with Crippen LogP contribution in [0.25, 0.3) is 0 Å². The SMILES string of the molecule is CCNC(=NCC1(c2ccc(Cl)cc2)CCC1)NC(C)CCS(C)(=O)=O.I. The third kappa shape index (κ3) is 7.77. The highest BCUT2D eigenvalue weighted by Crippen LogP contribution is 2.44. The molecule has 1 aromatic carbocycles. The lowest BCUT2D eigenvalue weighted by Gasteiger charge is -2.41. The maximum atomic E-state index is 11.3. The van der Waals surface area contributed by atoms with Gasteiger partial charge in [-0.15, -0.1) is 24.0 Å². The minimum atomic E-state index is -2.95. The van der Waals surface area contributed by atoms with Crippen molar-refractivity contribution in [1.82, 2.24) is 10.6 Å². The fourth-order valence-corrected chi connectivity index (χ4v) is 4.10. The van der Waals surface area contributed by atoms with E-state index in [0.717, 1.165) is 30.4 Å². The Balaban J connectivity index is 0.00000364. The lowest BCUT2D eigenvalue weighted by Crippen LogP contribution is -2.45. The Bertz CT molecular complexity index is 719. The minimum absolute atomic E-state index is 0. The van der Waals surface area contributed by atoms with Crippen molar-refractivity contribution in [1.29, 1.82) is 0 Å². The predicted molar refractivity (Wildman–Crippen MR) is 125 cm³/mol. The highest BCUT2D eigenvalue weighted by molar-refractivity contribution is 14.0. The van der Waals surface area contributed by atoms with E-state index in [1.54, 1.807) is 0 Å². The first-order valence-corrected chi connectivity index (χ1v) is 11.7. The van der Waals surface area contributed by atoms with Gasteiger partial charge < -0.3 is 10.6 Å². The average Bonchev–Trinajstić information content (AvgIpc) is 2.53. The van der Waals surface area contributed by atoms with E-state index in [4.69, 9.17) is 16.6 Å². The van der Waals surface area contributed by atoms with Crippen molar-refractivity contribution in [2.75, 3.05) is 25.1 Å². The van der Waals surface area contributed by atoms with E-state index in [0.29, 0.717) is 13.0 Å². The van der Waals surface area contributed by atoms with Crippen LogP contribution < -0.4 is 10.6 Å². The maximum Gasteiger partial charge on any atom is 0.191 e. The number of rotatable bonds is 8. The van der Waals surface area contributed by atoms with Gasteiger partial charge in [-0.2, -0.15) is 0 Å². The van der Waals surface area contributed by atoms with Crippen LogP contribution in [0.15, 0.2) is 29.3 Å². The van der Waals surface area contributed by atoms with Crippen LogP contribution in [0.4, 0.5) is 0 Å². The predicted octanol–water partition coefficient (Wildman–Crippen LogP) is 3.76. The van der Waals surface area contributed by atoms with Crippen LogP contribution in [0.2, 0.25) is 5.02 Å². The number of sulfone groups is 1. The number of nitrogens with zero attached hydrogens (tertiary/aromatic N) is 1. The number of guanidine groups is 1. The average molecular weight is 528 g/mol. The van der Waals surface area contributed by atoms with Gasteiger partial charge in [-0.3, -0.25) is 4.99 Å². The van der Waals surface area contributed by atoms with E-state index in [-0.39, 0.29) is 41.2 Å². The second-order valence-electron chi connectivity index (χ2n) is 7.30. The summed E-state index contributed by atoms with van der Waals surface area (Å²) in [7, 11) is -2.95. The molecule has 0 aliphatic heterocycles. The fraction of sp³-hybridized carbons (Fsp3) is 0.632. The van der Waals surface area contributed by atoms with Gasteiger partial charge in [-0.25, -0.2) is 8.42 Å². The number of hydrogen-bond acceptors (Lipinski definition) is 3. The fourth-order valence-electron chi connectivity index (χ4n) is 3.19. The Morgan fingerprint density at radius 1 is 1.30 bits per heavy atom. The van der Waals surface area contributed by atoms with E-state index >= 15 is 0 Å². The van der Waals surface area contributed by atoms with E-state index in [1.807, 2.05) is 26.0 Å². The van der Waals surface area contributed by atoms with Gasteiger partial charge in [0.15, 0.2) is 5.96 Å². The van der Waals surface area contributed by atoms with Crippen LogP contribution >= 0.6 is 35.6 Å². The standard InChI is InChI=1S/C19H30ClN3O2S.HI/c1-4-21-18(23-15(2)10-13-26(3,24)25)22-14-19(11-5-12-19)16-6-8-17(20)9-7-16;/h6-9,15H,4-5,10-14H2,1-3H3,(H2,21,22,23);1H. The Kier molecular flexibility index (Phi) is 9.85. The van der Waals surface area contributed by atoms with Crippen molar-refractivity contribution in [2.24, 2.45) is 4.99 Å². The van der Waals surface area contributed by atoms with Gasteiger partial charge in [-0.1, -0.05) is 30.2 Å². The molecule has 1 atom stereocenters. The summed E-state index contributed by atoms with van der Waals surface area (Å²) in [5.74, 6) is 0.920. The zero-order valence-electron chi connectivity index (χ0n) is 16.3. The largest absolute Gasteiger partial charge is 0.357 e. The smallest absolute Gasteiger partial charge is 0.191 e. The van der Waals surface area contributed by atoms with Crippen molar-refractivity contribution >= 4 is 51.4 Å². The minimum Gasteiger partial charge on any atom is -0.357 e. The summed E-state index contributed by atoms with van der Waals surface area (Å²) in [6.45, 7) is 5.48. The molecular weight excluding hydrogens is 497 g/mol. The summed E-state index contributed by atoms with van der Waals surface area (Å²) in [5.41, 5.74) is 1.38. The van der Waals surface area contributed by atoms with Gasteiger partial charge in [0.05, 0.1) is 12.3 Å². The quantitative estimate of drug-likeness (QED) is 0.307. The first-order chi connectivity index (χ1) is 12.2. The Morgan fingerprint density at radius 2 is 1.93 bits per heavy atom. The summed E-state index contributed by atoms with van der Waals surface area (Å²) < 4.78 is 22.7. The molecule has 0 heterocycles. The van der Waals surface area contributed by atoms with Crippen molar-refractivity contribution in [3.63, 3.8) is 0 Å². The third-order valence-corrected chi connectivity index (χ3v) is 6.19. The van der Waals surface area contributed by atoms with Crippen LogP contribution in [-0.2, 0) is 15.3 Å².